The summed E-state index contributed by atoms with van der Waals surface area (Å²) in [6, 6.07) is 13.1. The van der Waals surface area contributed by atoms with E-state index in [0.29, 0.717) is 11.3 Å². The molecule has 0 saturated carbocycles. The van der Waals surface area contributed by atoms with Crippen molar-refractivity contribution in [3.63, 3.8) is 0 Å². The molecule has 5 nitrogen and oxygen atoms in total. The molecule has 6 heteroatoms. The quantitative estimate of drug-likeness (QED) is 0.636. The normalized spacial score (nSPS) is 14.5. The van der Waals surface area contributed by atoms with Crippen molar-refractivity contribution >= 4 is 21.6 Å². The lowest BCUT2D eigenvalue weighted by atomic mass is 9.88. The zero-order valence-electron chi connectivity index (χ0n) is 17.7. The van der Waals surface area contributed by atoms with E-state index in [0.717, 1.165) is 31.1 Å². The lowest BCUT2D eigenvalue weighted by molar-refractivity contribution is 0.0935. The van der Waals surface area contributed by atoms with Crippen LogP contribution in [0.3, 0.4) is 0 Å². The first-order valence-electron chi connectivity index (χ1n) is 10.4. The molecule has 1 aliphatic carbocycles. The molecule has 0 heterocycles. The van der Waals surface area contributed by atoms with Crippen LogP contribution >= 0.6 is 0 Å². The van der Waals surface area contributed by atoms with E-state index in [1.807, 2.05) is 0 Å². The number of hydrogen-bond donors (Lipinski definition) is 1. The monoisotopic (exact) mass is 426 g/mol. The fraction of sp³-hybridized carbons (Fsp3) is 0.375. The van der Waals surface area contributed by atoms with Crippen LogP contribution in [-0.2, 0) is 22.9 Å². The predicted octanol–water partition coefficient (Wildman–Crippen LogP) is 4.40. The third kappa shape index (κ3) is 5.11. The fourth-order valence-electron chi connectivity index (χ4n) is 3.96. The lowest BCUT2D eigenvalue weighted by Crippen LogP contribution is -2.30. The molecule has 0 radical (unpaired) electrons. The Morgan fingerprint density at radius 1 is 1.13 bits per heavy atom. The van der Waals surface area contributed by atoms with Crippen LogP contribution < -0.4 is 9.62 Å². The number of carbonyl (C=O) groups is 1. The molecule has 3 rings (SSSR count). The number of sulfonamides is 1. The number of carbonyl (C=O) groups excluding carboxylic acids is 1. The van der Waals surface area contributed by atoms with E-state index in [1.165, 1.54) is 34.3 Å². The molecular weight excluding hydrogens is 396 g/mol. The van der Waals surface area contributed by atoms with Crippen LogP contribution in [0.2, 0.25) is 0 Å². The highest BCUT2D eigenvalue weighted by molar-refractivity contribution is 7.92. The number of hydrogen-bond acceptors (Lipinski definition) is 3. The lowest BCUT2D eigenvalue weighted by Gasteiger charge is -2.22. The minimum absolute atomic E-state index is 0.0577. The molecule has 1 atom stereocenters. The molecule has 0 fully saturated rings. The van der Waals surface area contributed by atoms with E-state index >= 15 is 0 Å². The molecule has 0 aromatic heterocycles. The summed E-state index contributed by atoms with van der Waals surface area (Å²) in [6.07, 6.45) is 8.21. The Bertz CT molecular complexity index is 1010. The Balaban J connectivity index is 1.75. The highest BCUT2D eigenvalue weighted by Crippen LogP contribution is 2.26. The van der Waals surface area contributed by atoms with Gasteiger partial charge in [-0.15, -0.1) is 6.58 Å². The van der Waals surface area contributed by atoms with Crippen molar-refractivity contribution in [2.45, 2.75) is 45.1 Å². The van der Waals surface area contributed by atoms with Crippen molar-refractivity contribution in [1.29, 1.82) is 0 Å². The molecule has 0 bridgehead atoms. The number of nitrogens with zero attached hydrogens (tertiary/aromatic N) is 1. The molecule has 0 unspecified atom stereocenters. The van der Waals surface area contributed by atoms with Crippen molar-refractivity contribution in [1.82, 2.24) is 5.32 Å². The predicted molar refractivity (Wildman–Crippen MR) is 122 cm³/mol. The molecule has 0 spiro atoms. The number of fused-ring (bicyclic) bond motifs is 1. The number of rotatable bonds is 8. The van der Waals surface area contributed by atoms with Crippen LogP contribution in [0.1, 0.15) is 59.3 Å². The SMILES string of the molecule is C=CCN(c1ccc(C(=O)N[C@H](CC)c2ccc3c(c2)CCCC3)cc1)S(C)(=O)=O. The molecule has 1 aliphatic rings. The Hall–Kier alpha value is -2.60. The molecule has 160 valence electrons. The maximum atomic E-state index is 12.8. The van der Waals surface area contributed by atoms with Gasteiger partial charge in [0, 0.05) is 5.56 Å². The zero-order chi connectivity index (χ0) is 21.7. The van der Waals surface area contributed by atoms with Gasteiger partial charge in [-0.3, -0.25) is 9.10 Å². The third-order valence-electron chi connectivity index (χ3n) is 5.60. The summed E-state index contributed by atoms with van der Waals surface area (Å²) in [5, 5.41) is 3.12. The summed E-state index contributed by atoms with van der Waals surface area (Å²) in [4.78, 5) is 12.8. The Morgan fingerprint density at radius 2 is 1.80 bits per heavy atom. The summed E-state index contributed by atoms with van der Waals surface area (Å²) in [5.41, 5.74) is 4.98. The van der Waals surface area contributed by atoms with E-state index in [1.54, 1.807) is 24.3 Å². The van der Waals surface area contributed by atoms with Crippen molar-refractivity contribution in [2.75, 3.05) is 17.1 Å². The van der Waals surface area contributed by atoms with Crippen LogP contribution in [-0.4, -0.2) is 27.1 Å². The van der Waals surface area contributed by atoms with Gasteiger partial charge >= 0.3 is 0 Å². The minimum atomic E-state index is -3.42. The number of anilines is 1. The second-order valence-electron chi connectivity index (χ2n) is 7.80. The molecule has 2 aromatic carbocycles. The third-order valence-corrected chi connectivity index (χ3v) is 6.76. The minimum Gasteiger partial charge on any atom is -0.345 e. The Morgan fingerprint density at radius 3 is 2.40 bits per heavy atom. The van der Waals surface area contributed by atoms with Crippen LogP contribution in [0, 0.1) is 0 Å². The highest BCUT2D eigenvalue weighted by atomic mass is 32.2. The van der Waals surface area contributed by atoms with Crippen molar-refractivity contribution < 1.29 is 13.2 Å². The van der Waals surface area contributed by atoms with Crippen molar-refractivity contribution in [3.8, 4) is 0 Å². The molecule has 0 saturated heterocycles. The van der Waals surface area contributed by atoms with Crippen molar-refractivity contribution in [2.24, 2.45) is 0 Å². The van der Waals surface area contributed by atoms with Gasteiger partial charge in [0.2, 0.25) is 10.0 Å². The van der Waals surface area contributed by atoms with Gasteiger partial charge < -0.3 is 5.32 Å². The second-order valence-corrected chi connectivity index (χ2v) is 9.71. The smallest absolute Gasteiger partial charge is 0.251 e. The zero-order valence-corrected chi connectivity index (χ0v) is 18.5. The first kappa shape index (κ1) is 22.1. The van der Waals surface area contributed by atoms with E-state index in [4.69, 9.17) is 0 Å². The van der Waals surface area contributed by atoms with Crippen LogP contribution in [0.25, 0.3) is 0 Å². The summed E-state index contributed by atoms with van der Waals surface area (Å²) in [6.45, 7) is 5.86. The average molecular weight is 427 g/mol. The number of amides is 1. The summed E-state index contributed by atoms with van der Waals surface area (Å²) in [7, 11) is -3.42. The van der Waals surface area contributed by atoms with Gasteiger partial charge in [0.15, 0.2) is 0 Å². The first-order chi connectivity index (χ1) is 14.3. The van der Waals surface area contributed by atoms with E-state index in [-0.39, 0.29) is 18.5 Å². The molecule has 30 heavy (non-hydrogen) atoms. The first-order valence-corrected chi connectivity index (χ1v) is 12.3. The molecule has 1 N–H and O–H groups in total. The van der Waals surface area contributed by atoms with Gasteiger partial charge in [0.1, 0.15) is 0 Å². The van der Waals surface area contributed by atoms with Gasteiger partial charge in [-0.25, -0.2) is 8.42 Å². The summed E-state index contributed by atoms with van der Waals surface area (Å²) >= 11 is 0. The number of benzene rings is 2. The maximum absolute atomic E-state index is 12.8. The molecule has 0 aliphatic heterocycles. The molecular formula is C24H30N2O3S. The maximum Gasteiger partial charge on any atom is 0.251 e. The van der Waals surface area contributed by atoms with Gasteiger partial charge in [0.05, 0.1) is 24.5 Å². The van der Waals surface area contributed by atoms with E-state index in [2.05, 4.69) is 37.0 Å². The van der Waals surface area contributed by atoms with E-state index < -0.39 is 10.0 Å². The molecule has 1 amide bonds. The van der Waals surface area contributed by atoms with Gasteiger partial charge in [0.25, 0.3) is 5.91 Å². The highest BCUT2D eigenvalue weighted by Gasteiger charge is 2.19. The second kappa shape index (κ2) is 9.47. The number of aryl methyl sites for hydroxylation is 2. The Labute approximate surface area is 179 Å². The van der Waals surface area contributed by atoms with Gasteiger partial charge in [-0.05, 0) is 73.1 Å². The van der Waals surface area contributed by atoms with Crippen molar-refractivity contribution in [3.05, 3.63) is 77.4 Å². The van der Waals surface area contributed by atoms with Crippen LogP contribution in [0.5, 0.6) is 0 Å². The van der Waals surface area contributed by atoms with Crippen LogP contribution in [0.15, 0.2) is 55.1 Å². The van der Waals surface area contributed by atoms with E-state index in [9.17, 15) is 13.2 Å². The summed E-state index contributed by atoms with van der Waals surface area (Å²) < 4.78 is 25.2. The van der Waals surface area contributed by atoms with Gasteiger partial charge in [-0.2, -0.15) is 0 Å². The van der Waals surface area contributed by atoms with Crippen LogP contribution in [0.4, 0.5) is 5.69 Å². The van der Waals surface area contributed by atoms with Gasteiger partial charge in [-0.1, -0.05) is 31.2 Å². The number of nitrogens with one attached hydrogen (secondary N) is 1. The average Bonchev–Trinajstić information content (AvgIpc) is 2.74. The Kier molecular flexibility index (Phi) is 6.98. The standard InChI is InChI=1S/C24H30N2O3S/c1-4-16-26(30(3,28)29)22-14-12-19(13-15-22)24(27)25-23(5-2)21-11-10-18-8-6-7-9-20(18)17-21/h4,10-15,17,23H,1,5-9,16H2,2-3H3,(H,25,27)/t23-/m1/s1. The molecule has 2 aromatic rings. The summed E-state index contributed by atoms with van der Waals surface area (Å²) in [5.74, 6) is -0.166. The fourth-order valence-corrected chi connectivity index (χ4v) is 4.84. The largest absolute Gasteiger partial charge is 0.345 e. The topological polar surface area (TPSA) is 66.5 Å².